The Hall–Kier alpha value is -1.35. The molecular formula is C16H24N2O. The number of carbonyl (C=O) groups is 1. The molecule has 3 heteroatoms. The van der Waals surface area contributed by atoms with Crippen LogP contribution in [0.25, 0.3) is 0 Å². The second kappa shape index (κ2) is 6.20. The molecule has 1 saturated heterocycles. The van der Waals surface area contributed by atoms with Gasteiger partial charge in [0.2, 0.25) is 5.91 Å². The standard InChI is InChI=1S/C16H24N2O/c1-16(2)15(19)18(13-11-17-16)12-7-6-10-14-8-4-3-5-9-14/h3-5,8-9,17H,6-7,10-13H2,1-2H3. The van der Waals surface area contributed by atoms with Crippen molar-refractivity contribution in [1.29, 1.82) is 0 Å². The molecule has 0 aromatic heterocycles. The summed E-state index contributed by atoms with van der Waals surface area (Å²) in [6, 6.07) is 10.5. The molecule has 104 valence electrons. The SMILES string of the molecule is CC1(C)NCCN(CCCCc2ccccc2)C1=O. The van der Waals surface area contributed by atoms with Crippen molar-refractivity contribution in [2.24, 2.45) is 0 Å². The number of benzene rings is 1. The maximum absolute atomic E-state index is 12.2. The Bertz CT molecular complexity index is 414. The maximum Gasteiger partial charge on any atom is 0.242 e. The van der Waals surface area contributed by atoms with E-state index in [2.05, 4.69) is 29.6 Å². The summed E-state index contributed by atoms with van der Waals surface area (Å²) >= 11 is 0. The summed E-state index contributed by atoms with van der Waals surface area (Å²) in [7, 11) is 0. The molecule has 1 aromatic carbocycles. The van der Waals surface area contributed by atoms with Gasteiger partial charge in [-0.15, -0.1) is 0 Å². The topological polar surface area (TPSA) is 32.3 Å². The molecule has 1 fully saturated rings. The summed E-state index contributed by atoms with van der Waals surface area (Å²) in [5.41, 5.74) is 0.993. The zero-order valence-electron chi connectivity index (χ0n) is 12.0. The number of rotatable bonds is 5. The van der Waals surface area contributed by atoms with Crippen LogP contribution in [0, 0.1) is 0 Å². The lowest BCUT2D eigenvalue weighted by Crippen LogP contribution is -2.61. The van der Waals surface area contributed by atoms with Gasteiger partial charge in [0.15, 0.2) is 0 Å². The number of piperazine rings is 1. The second-order valence-electron chi connectivity index (χ2n) is 5.79. The highest BCUT2D eigenvalue weighted by Gasteiger charge is 2.34. The first kappa shape index (κ1) is 14.1. The van der Waals surface area contributed by atoms with Crippen molar-refractivity contribution in [2.45, 2.75) is 38.6 Å². The van der Waals surface area contributed by atoms with Gasteiger partial charge in [-0.25, -0.2) is 0 Å². The van der Waals surface area contributed by atoms with E-state index in [0.717, 1.165) is 38.9 Å². The number of amides is 1. The van der Waals surface area contributed by atoms with Crippen LogP contribution in [-0.4, -0.2) is 36.0 Å². The minimum Gasteiger partial charge on any atom is -0.340 e. The normalized spacial score (nSPS) is 18.6. The van der Waals surface area contributed by atoms with Crippen LogP contribution in [0.1, 0.15) is 32.3 Å². The molecule has 19 heavy (non-hydrogen) atoms. The Morgan fingerprint density at radius 1 is 1.21 bits per heavy atom. The van der Waals surface area contributed by atoms with Gasteiger partial charge in [0.05, 0.1) is 5.54 Å². The molecule has 1 N–H and O–H groups in total. The molecule has 3 nitrogen and oxygen atoms in total. The zero-order valence-corrected chi connectivity index (χ0v) is 12.0. The van der Waals surface area contributed by atoms with Crippen molar-refractivity contribution in [3.05, 3.63) is 35.9 Å². The van der Waals surface area contributed by atoms with Crippen LogP contribution < -0.4 is 5.32 Å². The fourth-order valence-corrected chi connectivity index (χ4v) is 2.57. The highest BCUT2D eigenvalue weighted by Crippen LogP contribution is 2.13. The lowest BCUT2D eigenvalue weighted by atomic mass is 10.0. The van der Waals surface area contributed by atoms with E-state index in [1.165, 1.54) is 5.56 Å². The number of hydrogen-bond acceptors (Lipinski definition) is 2. The minimum absolute atomic E-state index is 0.235. The smallest absolute Gasteiger partial charge is 0.242 e. The number of nitrogens with one attached hydrogen (secondary N) is 1. The minimum atomic E-state index is -0.391. The largest absolute Gasteiger partial charge is 0.340 e. The third-order valence-electron chi connectivity index (χ3n) is 3.76. The number of aryl methyl sites for hydroxylation is 1. The average Bonchev–Trinajstić information content (AvgIpc) is 2.40. The van der Waals surface area contributed by atoms with Crippen molar-refractivity contribution in [1.82, 2.24) is 10.2 Å². The summed E-state index contributed by atoms with van der Waals surface area (Å²) in [5, 5.41) is 3.26. The van der Waals surface area contributed by atoms with Crippen LogP contribution in [0.5, 0.6) is 0 Å². The molecule has 1 aliphatic rings. The van der Waals surface area contributed by atoms with Crippen LogP contribution in [0.3, 0.4) is 0 Å². The molecule has 1 aliphatic heterocycles. The third-order valence-corrected chi connectivity index (χ3v) is 3.76. The molecule has 0 saturated carbocycles. The first-order chi connectivity index (χ1) is 9.09. The first-order valence-corrected chi connectivity index (χ1v) is 7.18. The summed E-state index contributed by atoms with van der Waals surface area (Å²) in [5.74, 6) is 0.235. The van der Waals surface area contributed by atoms with Gasteiger partial charge in [-0.2, -0.15) is 0 Å². The Kier molecular flexibility index (Phi) is 4.59. The van der Waals surface area contributed by atoms with Gasteiger partial charge >= 0.3 is 0 Å². The Morgan fingerprint density at radius 3 is 2.68 bits per heavy atom. The van der Waals surface area contributed by atoms with Crippen molar-refractivity contribution >= 4 is 5.91 Å². The average molecular weight is 260 g/mol. The summed E-state index contributed by atoms with van der Waals surface area (Å²) in [6.07, 6.45) is 3.32. The quantitative estimate of drug-likeness (QED) is 0.823. The number of hydrogen-bond donors (Lipinski definition) is 1. The highest BCUT2D eigenvalue weighted by molar-refractivity contribution is 5.86. The molecule has 1 aromatic rings. The predicted octanol–water partition coefficient (Wildman–Crippen LogP) is 2.22. The lowest BCUT2D eigenvalue weighted by molar-refractivity contribution is -0.139. The number of unbranched alkanes of at least 4 members (excludes halogenated alkanes) is 1. The van der Waals surface area contributed by atoms with Crippen LogP contribution >= 0.6 is 0 Å². The van der Waals surface area contributed by atoms with Crippen LogP contribution in [0.2, 0.25) is 0 Å². The fraction of sp³-hybridized carbons (Fsp3) is 0.562. The zero-order chi connectivity index (χ0) is 13.7. The molecule has 2 rings (SSSR count). The van der Waals surface area contributed by atoms with Gasteiger partial charge in [-0.1, -0.05) is 30.3 Å². The summed E-state index contributed by atoms with van der Waals surface area (Å²) in [4.78, 5) is 14.2. The van der Waals surface area contributed by atoms with Gasteiger partial charge < -0.3 is 10.2 Å². The summed E-state index contributed by atoms with van der Waals surface area (Å²) in [6.45, 7) is 6.55. The molecule has 0 atom stereocenters. The molecule has 0 bridgehead atoms. The summed E-state index contributed by atoms with van der Waals surface area (Å²) < 4.78 is 0. The van der Waals surface area contributed by atoms with Gasteiger partial charge in [0.1, 0.15) is 0 Å². The third kappa shape index (κ3) is 3.80. The first-order valence-electron chi connectivity index (χ1n) is 7.18. The van der Waals surface area contributed by atoms with Gasteiger partial charge in [-0.05, 0) is 38.7 Å². The van der Waals surface area contributed by atoms with E-state index in [1.807, 2.05) is 24.8 Å². The fourth-order valence-electron chi connectivity index (χ4n) is 2.57. The van der Waals surface area contributed by atoms with Gasteiger partial charge in [0, 0.05) is 19.6 Å². The Morgan fingerprint density at radius 2 is 1.95 bits per heavy atom. The molecular weight excluding hydrogens is 236 g/mol. The number of carbonyl (C=O) groups excluding carboxylic acids is 1. The van der Waals surface area contributed by atoms with E-state index in [-0.39, 0.29) is 5.91 Å². The van der Waals surface area contributed by atoms with E-state index in [0.29, 0.717) is 0 Å². The lowest BCUT2D eigenvalue weighted by Gasteiger charge is -2.38. The molecule has 1 heterocycles. The van der Waals surface area contributed by atoms with E-state index in [1.54, 1.807) is 0 Å². The Balaban J connectivity index is 1.72. The van der Waals surface area contributed by atoms with E-state index in [9.17, 15) is 4.79 Å². The molecule has 0 unspecified atom stereocenters. The monoisotopic (exact) mass is 260 g/mol. The molecule has 1 amide bonds. The van der Waals surface area contributed by atoms with Crippen molar-refractivity contribution in [3.8, 4) is 0 Å². The predicted molar refractivity (Wildman–Crippen MR) is 78.0 cm³/mol. The van der Waals surface area contributed by atoms with Crippen molar-refractivity contribution in [3.63, 3.8) is 0 Å². The van der Waals surface area contributed by atoms with Gasteiger partial charge in [-0.3, -0.25) is 4.79 Å². The van der Waals surface area contributed by atoms with Crippen molar-refractivity contribution in [2.75, 3.05) is 19.6 Å². The molecule has 0 aliphatic carbocycles. The van der Waals surface area contributed by atoms with Crippen LogP contribution in [0.15, 0.2) is 30.3 Å². The van der Waals surface area contributed by atoms with E-state index >= 15 is 0 Å². The van der Waals surface area contributed by atoms with Crippen molar-refractivity contribution < 1.29 is 4.79 Å². The van der Waals surface area contributed by atoms with E-state index in [4.69, 9.17) is 0 Å². The Labute approximate surface area is 116 Å². The maximum atomic E-state index is 12.2. The van der Waals surface area contributed by atoms with Crippen LogP contribution in [0.4, 0.5) is 0 Å². The van der Waals surface area contributed by atoms with Crippen LogP contribution in [-0.2, 0) is 11.2 Å². The molecule has 0 radical (unpaired) electrons. The number of nitrogens with zero attached hydrogens (tertiary/aromatic N) is 1. The molecule has 0 spiro atoms. The van der Waals surface area contributed by atoms with E-state index < -0.39 is 5.54 Å². The van der Waals surface area contributed by atoms with Gasteiger partial charge in [0.25, 0.3) is 0 Å². The highest BCUT2D eigenvalue weighted by atomic mass is 16.2. The second-order valence-corrected chi connectivity index (χ2v) is 5.79.